The van der Waals surface area contributed by atoms with Gasteiger partial charge in [0.1, 0.15) is 0 Å². The molecule has 1 heterocycles. The lowest BCUT2D eigenvalue weighted by Crippen LogP contribution is -1.97. The third-order valence-electron chi connectivity index (χ3n) is 10.5. The summed E-state index contributed by atoms with van der Waals surface area (Å²) in [6, 6.07) is 73.5. The molecule has 54 heavy (non-hydrogen) atoms. The first-order chi connectivity index (χ1) is 26.7. The molecule has 1 aromatic heterocycles. The molecular weight excluding hydrogens is 653 g/mol. The van der Waals surface area contributed by atoms with Crippen molar-refractivity contribution in [3.05, 3.63) is 206 Å². The summed E-state index contributed by atoms with van der Waals surface area (Å²) in [5.74, 6) is 0.700. The highest BCUT2D eigenvalue weighted by Gasteiger charge is 2.15. The number of nitrogens with zero attached hydrogens (tertiary/aromatic N) is 2. The van der Waals surface area contributed by atoms with E-state index < -0.39 is 0 Å². The Labute approximate surface area is 314 Å². The summed E-state index contributed by atoms with van der Waals surface area (Å²) in [6.45, 7) is 0. The number of hydrogen-bond acceptors (Lipinski definition) is 2. The molecule has 0 saturated heterocycles. The first-order valence-corrected chi connectivity index (χ1v) is 18.4. The van der Waals surface area contributed by atoms with Gasteiger partial charge in [0.25, 0.3) is 0 Å². The molecule has 0 aliphatic carbocycles. The highest BCUT2D eigenvalue weighted by Crippen LogP contribution is 2.36. The van der Waals surface area contributed by atoms with Gasteiger partial charge in [-0.25, -0.2) is 9.97 Å². The standard InChI is InChI=1S/C52H34N2/c1-3-12-35(13-4-1)38-18-9-20-44(32-38)50-34-51(49-23-11-19-42-30-39(28-29-48(42)49)36-14-5-2-6-15-36)54-52(53-50)45-27-25-40-31-43(26-24-41(40)33-45)47-22-10-17-37-16-7-8-21-46(37)47/h1-34H. The van der Waals surface area contributed by atoms with Crippen LogP contribution in [0.15, 0.2) is 206 Å². The molecule has 9 aromatic carbocycles. The van der Waals surface area contributed by atoms with Gasteiger partial charge in [0.2, 0.25) is 0 Å². The van der Waals surface area contributed by atoms with Gasteiger partial charge in [-0.15, -0.1) is 0 Å². The molecule has 0 saturated carbocycles. The van der Waals surface area contributed by atoms with E-state index in [1.54, 1.807) is 0 Å². The Kier molecular flexibility index (Phi) is 7.85. The van der Waals surface area contributed by atoms with Crippen LogP contribution in [0.1, 0.15) is 0 Å². The molecule has 2 heteroatoms. The van der Waals surface area contributed by atoms with Gasteiger partial charge in [-0.3, -0.25) is 0 Å². The van der Waals surface area contributed by atoms with Gasteiger partial charge in [-0.2, -0.15) is 0 Å². The van der Waals surface area contributed by atoms with Gasteiger partial charge in [0, 0.05) is 16.7 Å². The SMILES string of the molecule is c1ccc(-c2cccc(-c3cc(-c4cccc5cc(-c6ccccc6)ccc45)nc(-c4ccc5cc(-c6cccc7ccccc67)ccc5c4)n3)c2)cc1. The van der Waals surface area contributed by atoms with Crippen molar-refractivity contribution in [2.45, 2.75) is 0 Å². The topological polar surface area (TPSA) is 25.8 Å². The second-order valence-corrected chi connectivity index (χ2v) is 13.8. The van der Waals surface area contributed by atoms with E-state index in [2.05, 4.69) is 206 Å². The smallest absolute Gasteiger partial charge is 0.160 e. The summed E-state index contributed by atoms with van der Waals surface area (Å²) in [6.07, 6.45) is 0. The Balaban J connectivity index is 1.11. The van der Waals surface area contributed by atoms with Crippen molar-refractivity contribution in [2.24, 2.45) is 0 Å². The van der Waals surface area contributed by atoms with Gasteiger partial charge in [-0.05, 0) is 96.0 Å². The number of fused-ring (bicyclic) bond motifs is 3. The van der Waals surface area contributed by atoms with Crippen molar-refractivity contribution in [1.82, 2.24) is 9.97 Å². The van der Waals surface area contributed by atoms with Gasteiger partial charge >= 0.3 is 0 Å². The van der Waals surface area contributed by atoms with Crippen molar-refractivity contribution in [3.8, 4) is 67.3 Å². The maximum atomic E-state index is 5.31. The van der Waals surface area contributed by atoms with Gasteiger partial charge in [0.05, 0.1) is 11.4 Å². The fourth-order valence-corrected chi connectivity index (χ4v) is 7.70. The first kappa shape index (κ1) is 31.6. The molecule has 10 aromatic rings. The molecule has 0 unspecified atom stereocenters. The fourth-order valence-electron chi connectivity index (χ4n) is 7.70. The van der Waals surface area contributed by atoms with Crippen LogP contribution < -0.4 is 0 Å². The molecule has 0 bridgehead atoms. The lowest BCUT2D eigenvalue weighted by atomic mass is 9.95. The van der Waals surface area contributed by atoms with E-state index in [9.17, 15) is 0 Å². The van der Waals surface area contributed by atoms with Crippen LogP contribution in [0.2, 0.25) is 0 Å². The van der Waals surface area contributed by atoms with Crippen LogP contribution in [0.25, 0.3) is 99.6 Å². The molecule has 0 aliphatic heterocycles. The molecule has 0 radical (unpaired) electrons. The first-order valence-electron chi connectivity index (χ1n) is 18.4. The Morgan fingerprint density at radius 2 is 0.759 bits per heavy atom. The quantitative estimate of drug-likeness (QED) is 0.174. The summed E-state index contributed by atoms with van der Waals surface area (Å²) in [5.41, 5.74) is 12.1. The van der Waals surface area contributed by atoms with Crippen LogP contribution in [-0.4, -0.2) is 9.97 Å². The van der Waals surface area contributed by atoms with E-state index in [4.69, 9.17) is 9.97 Å². The van der Waals surface area contributed by atoms with Crippen molar-refractivity contribution in [2.75, 3.05) is 0 Å². The molecule has 0 N–H and O–H groups in total. The number of aromatic nitrogens is 2. The highest BCUT2D eigenvalue weighted by atomic mass is 14.9. The molecular formula is C52H34N2. The predicted octanol–water partition coefficient (Wildman–Crippen LogP) is 13.9. The molecule has 0 atom stereocenters. The minimum Gasteiger partial charge on any atom is -0.228 e. The Hall–Kier alpha value is -7.16. The molecule has 0 fully saturated rings. The summed E-state index contributed by atoms with van der Waals surface area (Å²) < 4.78 is 0. The van der Waals surface area contributed by atoms with Crippen LogP contribution in [0, 0.1) is 0 Å². The van der Waals surface area contributed by atoms with E-state index in [1.165, 1.54) is 49.4 Å². The van der Waals surface area contributed by atoms with Gasteiger partial charge in [-0.1, -0.05) is 176 Å². The Bertz CT molecular complexity index is 2980. The molecule has 0 spiro atoms. The molecule has 2 nitrogen and oxygen atoms in total. The summed E-state index contributed by atoms with van der Waals surface area (Å²) in [7, 11) is 0. The minimum absolute atomic E-state index is 0.700. The Morgan fingerprint density at radius 3 is 1.56 bits per heavy atom. The average Bonchev–Trinajstić information content (AvgIpc) is 3.26. The summed E-state index contributed by atoms with van der Waals surface area (Å²) in [5, 5.41) is 7.17. The van der Waals surface area contributed by atoms with Crippen LogP contribution in [0.4, 0.5) is 0 Å². The monoisotopic (exact) mass is 686 g/mol. The molecule has 252 valence electrons. The van der Waals surface area contributed by atoms with Gasteiger partial charge < -0.3 is 0 Å². The van der Waals surface area contributed by atoms with E-state index >= 15 is 0 Å². The summed E-state index contributed by atoms with van der Waals surface area (Å²) >= 11 is 0. The van der Waals surface area contributed by atoms with E-state index in [0.29, 0.717) is 5.82 Å². The third-order valence-corrected chi connectivity index (χ3v) is 10.5. The fraction of sp³-hybridized carbons (Fsp3) is 0. The second kappa shape index (κ2) is 13.4. The van der Waals surface area contributed by atoms with Crippen molar-refractivity contribution >= 4 is 32.3 Å². The van der Waals surface area contributed by atoms with Crippen molar-refractivity contribution in [1.29, 1.82) is 0 Å². The zero-order valence-electron chi connectivity index (χ0n) is 29.5. The lowest BCUT2D eigenvalue weighted by Gasteiger charge is -2.13. The molecule has 0 aliphatic rings. The third kappa shape index (κ3) is 5.90. The zero-order chi connectivity index (χ0) is 35.8. The number of rotatable bonds is 6. The average molecular weight is 687 g/mol. The van der Waals surface area contributed by atoms with E-state index in [-0.39, 0.29) is 0 Å². The van der Waals surface area contributed by atoms with E-state index in [1.807, 2.05) is 0 Å². The van der Waals surface area contributed by atoms with E-state index in [0.717, 1.165) is 44.4 Å². The maximum Gasteiger partial charge on any atom is 0.160 e. The van der Waals surface area contributed by atoms with Crippen LogP contribution in [-0.2, 0) is 0 Å². The molecule has 0 amide bonds. The van der Waals surface area contributed by atoms with Gasteiger partial charge in [0.15, 0.2) is 5.82 Å². The largest absolute Gasteiger partial charge is 0.228 e. The normalized spacial score (nSPS) is 11.3. The highest BCUT2D eigenvalue weighted by molar-refractivity contribution is 6.00. The van der Waals surface area contributed by atoms with Crippen molar-refractivity contribution in [3.63, 3.8) is 0 Å². The zero-order valence-corrected chi connectivity index (χ0v) is 29.5. The number of hydrogen-bond donors (Lipinski definition) is 0. The van der Waals surface area contributed by atoms with Crippen LogP contribution in [0.3, 0.4) is 0 Å². The summed E-state index contributed by atoms with van der Waals surface area (Å²) in [4.78, 5) is 10.6. The second-order valence-electron chi connectivity index (χ2n) is 13.8. The predicted molar refractivity (Wildman–Crippen MR) is 227 cm³/mol. The van der Waals surface area contributed by atoms with Crippen molar-refractivity contribution < 1.29 is 0 Å². The van der Waals surface area contributed by atoms with Crippen LogP contribution >= 0.6 is 0 Å². The lowest BCUT2D eigenvalue weighted by molar-refractivity contribution is 1.19. The maximum absolute atomic E-state index is 5.31. The minimum atomic E-state index is 0.700. The van der Waals surface area contributed by atoms with Crippen LogP contribution in [0.5, 0.6) is 0 Å². The molecule has 10 rings (SSSR count). The number of benzene rings is 9. The Morgan fingerprint density at radius 1 is 0.241 bits per heavy atom.